The zero-order valence-corrected chi connectivity index (χ0v) is 19.1. The summed E-state index contributed by atoms with van der Waals surface area (Å²) < 4.78 is 13.5. The number of amides is 1. The Morgan fingerprint density at radius 1 is 1.10 bits per heavy atom. The van der Waals surface area contributed by atoms with Crippen LogP contribution in [0.4, 0.5) is 5.00 Å². The molecule has 6 nitrogen and oxygen atoms in total. The number of fused-ring (bicyclic) bond motifs is 1. The van der Waals surface area contributed by atoms with E-state index in [1.165, 1.54) is 11.3 Å². The molecule has 0 radical (unpaired) electrons. The minimum absolute atomic E-state index is 0.249. The number of benzene rings is 1. The van der Waals surface area contributed by atoms with Gasteiger partial charge >= 0.3 is 5.97 Å². The Balaban J connectivity index is 1.71. The molecular formula is C23H22N2O4S2. The van der Waals surface area contributed by atoms with Gasteiger partial charge in [0.05, 0.1) is 23.9 Å². The summed E-state index contributed by atoms with van der Waals surface area (Å²) in [5.41, 5.74) is 3.53. The van der Waals surface area contributed by atoms with Crippen LogP contribution in [0.3, 0.4) is 0 Å². The Bertz CT molecular complexity index is 1230. The molecule has 1 N–H and O–H groups in total. The second-order valence-corrected chi connectivity index (χ2v) is 8.53. The molecule has 0 aliphatic carbocycles. The van der Waals surface area contributed by atoms with Gasteiger partial charge in [0, 0.05) is 17.5 Å². The van der Waals surface area contributed by atoms with Crippen molar-refractivity contribution in [3.8, 4) is 16.9 Å². The summed E-state index contributed by atoms with van der Waals surface area (Å²) >= 11 is 2.91. The smallest absolute Gasteiger partial charge is 0.341 e. The quantitative estimate of drug-likeness (QED) is 0.354. The molecule has 1 aromatic carbocycles. The van der Waals surface area contributed by atoms with E-state index in [0.717, 1.165) is 21.5 Å². The van der Waals surface area contributed by atoms with Crippen molar-refractivity contribution < 1.29 is 19.1 Å². The molecule has 0 saturated heterocycles. The van der Waals surface area contributed by atoms with Gasteiger partial charge in [-0.1, -0.05) is 12.1 Å². The number of hydrogen-bond acceptors (Lipinski definition) is 6. The van der Waals surface area contributed by atoms with Crippen molar-refractivity contribution in [2.45, 2.75) is 20.4 Å². The van der Waals surface area contributed by atoms with E-state index >= 15 is 0 Å². The maximum Gasteiger partial charge on any atom is 0.341 e. The topological polar surface area (TPSA) is 69.6 Å². The van der Waals surface area contributed by atoms with Crippen LogP contribution < -0.4 is 10.1 Å². The molecule has 8 heteroatoms. The number of nitrogens with one attached hydrogen (secondary N) is 1. The standard InChI is InChI=1S/C23H22N2O4S2/c1-4-25-17-10-11-30-19(17)12-18(25)21(26)24-22-20(23(27)29-5-2)16(13-31-22)14-6-8-15(28-3)9-7-14/h6-13H,4-5H2,1-3H3,(H,24,26). The van der Waals surface area contributed by atoms with Gasteiger partial charge in [-0.3, -0.25) is 4.79 Å². The molecule has 0 bridgehead atoms. The predicted octanol–water partition coefficient (Wildman–Crippen LogP) is 5.89. The number of ether oxygens (including phenoxy) is 2. The molecule has 0 unspecified atom stereocenters. The van der Waals surface area contributed by atoms with Crippen molar-refractivity contribution in [3.05, 3.63) is 58.4 Å². The molecular weight excluding hydrogens is 432 g/mol. The van der Waals surface area contributed by atoms with Gasteiger partial charge < -0.3 is 19.4 Å². The number of esters is 1. The first-order valence-electron chi connectivity index (χ1n) is 9.88. The number of nitrogens with zero attached hydrogens (tertiary/aromatic N) is 1. The predicted molar refractivity (Wildman–Crippen MR) is 126 cm³/mol. The summed E-state index contributed by atoms with van der Waals surface area (Å²) in [6.45, 7) is 4.69. The van der Waals surface area contributed by atoms with Gasteiger partial charge in [0.25, 0.3) is 5.91 Å². The fraction of sp³-hybridized carbons (Fsp3) is 0.217. The molecule has 4 rings (SSSR count). The van der Waals surface area contributed by atoms with E-state index in [1.807, 2.05) is 58.6 Å². The third-order valence-corrected chi connectivity index (χ3v) is 6.72. The highest BCUT2D eigenvalue weighted by atomic mass is 32.1. The molecule has 1 amide bonds. The van der Waals surface area contributed by atoms with Crippen molar-refractivity contribution in [1.82, 2.24) is 4.57 Å². The van der Waals surface area contributed by atoms with Crippen molar-refractivity contribution >= 4 is 49.8 Å². The third-order valence-electron chi connectivity index (χ3n) is 4.97. The summed E-state index contributed by atoms with van der Waals surface area (Å²) in [6, 6.07) is 11.3. The first-order valence-corrected chi connectivity index (χ1v) is 11.6. The molecule has 3 heterocycles. The van der Waals surface area contributed by atoms with Gasteiger partial charge in [0.2, 0.25) is 0 Å². The maximum atomic E-state index is 13.1. The number of hydrogen-bond donors (Lipinski definition) is 1. The number of carbonyl (C=O) groups is 2. The summed E-state index contributed by atoms with van der Waals surface area (Å²) in [7, 11) is 1.60. The lowest BCUT2D eigenvalue weighted by Crippen LogP contribution is -2.18. The van der Waals surface area contributed by atoms with E-state index < -0.39 is 5.97 Å². The average molecular weight is 455 g/mol. The highest BCUT2D eigenvalue weighted by Crippen LogP contribution is 2.37. The average Bonchev–Trinajstić information content (AvgIpc) is 3.48. The van der Waals surface area contributed by atoms with Gasteiger partial charge in [-0.05, 0) is 49.1 Å². The van der Waals surface area contributed by atoms with Gasteiger partial charge in [0.1, 0.15) is 22.0 Å². The van der Waals surface area contributed by atoms with E-state index in [9.17, 15) is 9.59 Å². The lowest BCUT2D eigenvalue weighted by Gasteiger charge is -2.10. The Morgan fingerprint density at radius 2 is 1.87 bits per heavy atom. The minimum atomic E-state index is -0.461. The van der Waals surface area contributed by atoms with Crippen LogP contribution in [0.25, 0.3) is 21.3 Å². The lowest BCUT2D eigenvalue weighted by molar-refractivity contribution is 0.0529. The van der Waals surface area contributed by atoms with Crippen LogP contribution in [0.1, 0.15) is 34.7 Å². The molecule has 0 atom stereocenters. The number of aryl methyl sites for hydroxylation is 1. The van der Waals surface area contributed by atoms with Crippen molar-refractivity contribution in [2.75, 3.05) is 19.0 Å². The van der Waals surface area contributed by atoms with Crippen molar-refractivity contribution in [2.24, 2.45) is 0 Å². The lowest BCUT2D eigenvalue weighted by atomic mass is 10.0. The van der Waals surface area contributed by atoms with E-state index in [1.54, 1.807) is 25.4 Å². The molecule has 0 aliphatic rings. The summed E-state index contributed by atoms with van der Waals surface area (Å²) in [5.74, 6) is 0.0149. The van der Waals surface area contributed by atoms with E-state index in [4.69, 9.17) is 9.47 Å². The highest BCUT2D eigenvalue weighted by Gasteiger charge is 2.24. The van der Waals surface area contributed by atoms with Crippen LogP contribution >= 0.6 is 22.7 Å². The summed E-state index contributed by atoms with van der Waals surface area (Å²) in [6.07, 6.45) is 0. The zero-order valence-electron chi connectivity index (χ0n) is 17.4. The van der Waals surface area contributed by atoms with Crippen LogP contribution in [0.2, 0.25) is 0 Å². The molecule has 3 aromatic heterocycles. The fourth-order valence-corrected chi connectivity index (χ4v) is 5.29. The molecule has 0 fully saturated rings. The number of aromatic nitrogens is 1. The van der Waals surface area contributed by atoms with Crippen LogP contribution in [-0.2, 0) is 11.3 Å². The summed E-state index contributed by atoms with van der Waals surface area (Å²) in [4.78, 5) is 25.9. The summed E-state index contributed by atoms with van der Waals surface area (Å²) in [5, 5.41) is 7.29. The normalized spacial score (nSPS) is 10.9. The maximum absolute atomic E-state index is 13.1. The number of rotatable bonds is 7. The Hall–Kier alpha value is -3.10. The largest absolute Gasteiger partial charge is 0.497 e. The first-order chi connectivity index (χ1) is 15.1. The zero-order chi connectivity index (χ0) is 22.0. The van der Waals surface area contributed by atoms with Crippen LogP contribution in [-0.4, -0.2) is 30.2 Å². The highest BCUT2D eigenvalue weighted by molar-refractivity contribution is 7.17. The third kappa shape index (κ3) is 3.96. The molecule has 0 spiro atoms. The molecule has 31 heavy (non-hydrogen) atoms. The van der Waals surface area contributed by atoms with Gasteiger partial charge in [0.15, 0.2) is 0 Å². The SMILES string of the molecule is CCOC(=O)c1c(-c2ccc(OC)cc2)csc1NC(=O)c1cc2sccc2n1CC. The molecule has 0 aliphatic heterocycles. The molecule has 0 saturated carbocycles. The fourth-order valence-electron chi connectivity index (χ4n) is 3.51. The monoisotopic (exact) mass is 454 g/mol. The number of thiophene rings is 2. The van der Waals surface area contributed by atoms with E-state index in [-0.39, 0.29) is 12.5 Å². The van der Waals surface area contributed by atoms with Gasteiger partial charge in [-0.25, -0.2) is 4.79 Å². The van der Waals surface area contributed by atoms with Crippen LogP contribution in [0, 0.1) is 0 Å². The van der Waals surface area contributed by atoms with Gasteiger partial charge in [-0.15, -0.1) is 22.7 Å². The van der Waals surface area contributed by atoms with E-state index in [0.29, 0.717) is 28.4 Å². The van der Waals surface area contributed by atoms with Crippen LogP contribution in [0.5, 0.6) is 5.75 Å². The van der Waals surface area contributed by atoms with E-state index in [2.05, 4.69) is 5.32 Å². The second-order valence-electron chi connectivity index (χ2n) is 6.70. The number of carbonyl (C=O) groups excluding carboxylic acids is 2. The molecule has 4 aromatic rings. The number of methoxy groups -OCH3 is 1. The van der Waals surface area contributed by atoms with Crippen molar-refractivity contribution in [3.63, 3.8) is 0 Å². The Labute approximate surface area is 188 Å². The Kier molecular flexibility index (Phi) is 6.11. The van der Waals surface area contributed by atoms with Gasteiger partial charge in [-0.2, -0.15) is 0 Å². The first kappa shape index (κ1) is 21.1. The number of anilines is 1. The minimum Gasteiger partial charge on any atom is -0.497 e. The molecule has 160 valence electrons. The second kappa shape index (κ2) is 8.95. The Morgan fingerprint density at radius 3 is 2.55 bits per heavy atom. The van der Waals surface area contributed by atoms with Crippen LogP contribution in [0.15, 0.2) is 47.2 Å². The van der Waals surface area contributed by atoms with Crippen molar-refractivity contribution in [1.29, 1.82) is 0 Å².